The third-order valence-electron chi connectivity index (χ3n) is 4.06. The second kappa shape index (κ2) is 5.65. The summed E-state index contributed by atoms with van der Waals surface area (Å²) in [6.45, 7) is 3.13. The molecule has 2 aromatic carbocycles. The molecule has 0 amide bonds. The minimum Gasteiger partial charge on any atom is -0.490 e. The van der Waals surface area contributed by atoms with Gasteiger partial charge in [0.25, 0.3) is 10.0 Å². The van der Waals surface area contributed by atoms with Gasteiger partial charge in [-0.05, 0) is 37.3 Å². The predicted octanol–water partition coefficient (Wildman–Crippen LogP) is 2.96. The van der Waals surface area contributed by atoms with Crippen LogP contribution in [0.15, 0.2) is 59.6 Å². The summed E-state index contributed by atoms with van der Waals surface area (Å²) >= 11 is 0. The van der Waals surface area contributed by atoms with Gasteiger partial charge in [-0.2, -0.15) is 0 Å². The molecule has 6 heteroatoms. The summed E-state index contributed by atoms with van der Waals surface area (Å²) in [5, 5.41) is 0.772. The van der Waals surface area contributed by atoms with E-state index in [1.165, 1.54) is 3.97 Å². The summed E-state index contributed by atoms with van der Waals surface area (Å²) < 4.78 is 38.0. The Kier molecular flexibility index (Phi) is 3.58. The van der Waals surface area contributed by atoms with Gasteiger partial charge >= 0.3 is 0 Å². The van der Waals surface area contributed by atoms with Crippen LogP contribution < -0.4 is 4.74 Å². The first-order valence-corrected chi connectivity index (χ1v) is 9.16. The lowest BCUT2D eigenvalue weighted by Crippen LogP contribution is -2.11. The number of aromatic nitrogens is 1. The summed E-state index contributed by atoms with van der Waals surface area (Å²) in [6.07, 6.45) is 1.72. The van der Waals surface area contributed by atoms with Crippen LogP contribution in [0.25, 0.3) is 10.9 Å². The molecule has 1 atom stereocenters. The summed E-state index contributed by atoms with van der Waals surface area (Å²) in [5.41, 5.74) is 1.62. The average molecular weight is 343 g/mol. The molecule has 0 aliphatic carbocycles. The van der Waals surface area contributed by atoms with E-state index in [1.807, 2.05) is 13.0 Å². The number of hydrogen-bond donors (Lipinski definition) is 0. The van der Waals surface area contributed by atoms with Crippen molar-refractivity contribution in [2.24, 2.45) is 0 Å². The number of nitrogens with zero attached hydrogens (tertiary/aromatic N) is 1. The highest BCUT2D eigenvalue weighted by Crippen LogP contribution is 2.30. The molecule has 1 aromatic heterocycles. The SMILES string of the molecule is Cc1ccc(S(=O)(=O)n2ccc3c(OCC4CO4)cccc32)cc1. The summed E-state index contributed by atoms with van der Waals surface area (Å²) in [4.78, 5) is 0.267. The van der Waals surface area contributed by atoms with Crippen molar-refractivity contribution in [1.29, 1.82) is 0 Å². The standard InChI is InChI=1S/C18H17NO4S/c1-13-5-7-15(8-6-13)24(20,21)19-10-9-16-17(19)3-2-4-18(16)23-12-14-11-22-14/h2-10,14H,11-12H2,1H3. The predicted molar refractivity (Wildman–Crippen MR) is 90.9 cm³/mol. The van der Waals surface area contributed by atoms with E-state index in [0.717, 1.165) is 17.6 Å². The zero-order valence-corrected chi connectivity index (χ0v) is 14.0. The molecule has 0 saturated carbocycles. The number of ether oxygens (including phenoxy) is 2. The van der Waals surface area contributed by atoms with Gasteiger partial charge in [-0.1, -0.05) is 23.8 Å². The van der Waals surface area contributed by atoms with E-state index in [9.17, 15) is 8.42 Å². The Balaban J connectivity index is 1.76. The molecular formula is C18H17NO4S. The van der Waals surface area contributed by atoms with Crippen molar-refractivity contribution in [3.8, 4) is 5.75 Å². The molecule has 24 heavy (non-hydrogen) atoms. The Labute approximate surface area is 140 Å². The molecule has 124 valence electrons. The zero-order valence-electron chi connectivity index (χ0n) is 13.2. The Hall–Kier alpha value is -2.31. The average Bonchev–Trinajstić information content (AvgIpc) is 3.29. The van der Waals surface area contributed by atoms with Crippen molar-refractivity contribution in [2.75, 3.05) is 13.2 Å². The molecule has 1 aliphatic heterocycles. The highest BCUT2D eigenvalue weighted by Gasteiger charge is 2.24. The zero-order chi connectivity index (χ0) is 16.7. The van der Waals surface area contributed by atoms with Crippen LogP contribution in [0.2, 0.25) is 0 Å². The molecule has 0 radical (unpaired) electrons. The monoisotopic (exact) mass is 343 g/mol. The van der Waals surface area contributed by atoms with E-state index >= 15 is 0 Å². The highest BCUT2D eigenvalue weighted by molar-refractivity contribution is 7.90. The second-order valence-corrected chi connectivity index (χ2v) is 7.70. The van der Waals surface area contributed by atoms with Crippen LogP contribution in [-0.2, 0) is 14.8 Å². The Morgan fingerprint density at radius 3 is 2.62 bits per heavy atom. The van der Waals surface area contributed by atoms with Gasteiger partial charge in [-0.3, -0.25) is 0 Å². The van der Waals surface area contributed by atoms with E-state index in [4.69, 9.17) is 9.47 Å². The van der Waals surface area contributed by atoms with Crippen LogP contribution in [0.5, 0.6) is 5.75 Å². The molecule has 0 bridgehead atoms. The third kappa shape index (κ3) is 2.68. The van der Waals surface area contributed by atoms with E-state index in [0.29, 0.717) is 17.9 Å². The Morgan fingerprint density at radius 1 is 1.17 bits per heavy atom. The van der Waals surface area contributed by atoms with Crippen LogP contribution in [0.3, 0.4) is 0 Å². The largest absolute Gasteiger partial charge is 0.490 e. The first-order chi connectivity index (χ1) is 11.6. The number of benzene rings is 2. The van der Waals surface area contributed by atoms with Crippen molar-refractivity contribution in [3.05, 3.63) is 60.3 Å². The smallest absolute Gasteiger partial charge is 0.268 e. The quantitative estimate of drug-likeness (QED) is 0.668. The summed E-state index contributed by atoms with van der Waals surface area (Å²) in [5.74, 6) is 0.667. The minimum absolute atomic E-state index is 0.152. The minimum atomic E-state index is -3.64. The second-order valence-electron chi connectivity index (χ2n) is 5.88. The van der Waals surface area contributed by atoms with Gasteiger partial charge in [-0.15, -0.1) is 0 Å². The van der Waals surface area contributed by atoms with Crippen molar-refractivity contribution >= 4 is 20.9 Å². The fourth-order valence-electron chi connectivity index (χ4n) is 2.62. The van der Waals surface area contributed by atoms with Crippen LogP contribution in [0, 0.1) is 6.92 Å². The number of fused-ring (bicyclic) bond motifs is 1. The van der Waals surface area contributed by atoms with Gasteiger partial charge in [0.15, 0.2) is 0 Å². The number of epoxide rings is 1. The van der Waals surface area contributed by atoms with E-state index < -0.39 is 10.0 Å². The van der Waals surface area contributed by atoms with Gasteiger partial charge in [0.1, 0.15) is 18.5 Å². The molecule has 1 unspecified atom stereocenters. The molecule has 3 aromatic rings. The van der Waals surface area contributed by atoms with E-state index in [2.05, 4.69) is 0 Å². The van der Waals surface area contributed by atoms with Gasteiger partial charge < -0.3 is 9.47 Å². The van der Waals surface area contributed by atoms with Crippen LogP contribution in [0.1, 0.15) is 5.56 Å². The summed E-state index contributed by atoms with van der Waals surface area (Å²) in [7, 11) is -3.64. The van der Waals surface area contributed by atoms with Gasteiger partial charge in [0.05, 0.1) is 17.0 Å². The number of rotatable bonds is 5. The van der Waals surface area contributed by atoms with Gasteiger partial charge in [-0.25, -0.2) is 12.4 Å². The number of hydrogen-bond acceptors (Lipinski definition) is 4. The van der Waals surface area contributed by atoms with Crippen LogP contribution in [-0.4, -0.2) is 31.7 Å². The lowest BCUT2D eigenvalue weighted by Gasteiger charge is -2.09. The van der Waals surface area contributed by atoms with Crippen molar-refractivity contribution in [3.63, 3.8) is 0 Å². The molecule has 4 rings (SSSR count). The molecule has 2 heterocycles. The van der Waals surface area contributed by atoms with Crippen LogP contribution in [0.4, 0.5) is 0 Å². The van der Waals surface area contributed by atoms with E-state index in [-0.39, 0.29) is 11.0 Å². The fourth-order valence-corrected chi connectivity index (χ4v) is 3.97. The lowest BCUT2D eigenvalue weighted by molar-refractivity contribution is 0.265. The molecule has 1 aliphatic rings. The number of aryl methyl sites for hydroxylation is 1. The van der Waals surface area contributed by atoms with Crippen molar-refractivity contribution < 1.29 is 17.9 Å². The van der Waals surface area contributed by atoms with E-state index in [1.54, 1.807) is 48.7 Å². The molecule has 5 nitrogen and oxygen atoms in total. The molecule has 1 fully saturated rings. The molecular weight excluding hydrogens is 326 g/mol. The molecule has 0 spiro atoms. The van der Waals surface area contributed by atoms with Crippen LogP contribution >= 0.6 is 0 Å². The van der Waals surface area contributed by atoms with Crippen molar-refractivity contribution in [1.82, 2.24) is 3.97 Å². The third-order valence-corrected chi connectivity index (χ3v) is 5.77. The van der Waals surface area contributed by atoms with Gasteiger partial charge in [0.2, 0.25) is 0 Å². The maximum Gasteiger partial charge on any atom is 0.268 e. The molecule has 0 N–H and O–H groups in total. The maximum absolute atomic E-state index is 12.9. The lowest BCUT2D eigenvalue weighted by atomic mass is 10.2. The first kappa shape index (κ1) is 15.2. The highest BCUT2D eigenvalue weighted by atomic mass is 32.2. The van der Waals surface area contributed by atoms with Gasteiger partial charge in [0, 0.05) is 11.6 Å². The Bertz CT molecular complexity index is 986. The first-order valence-electron chi connectivity index (χ1n) is 7.72. The summed E-state index contributed by atoms with van der Waals surface area (Å²) in [6, 6.07) is 14.0. The maximum atomic E-state index is 12.9. The normalized spacial score (nSPS) is 17.1. The van der Waals surface area contributed by atoms with Crippen molar-refractivity contribution in [2.45, 2.75) is 17.9 Å². The Morgan fingerprint density at radius 2 is 1.92 bits per heavy atom. The fraction of sp³-hybridized carbons (Fsp3) is 0.222. The molecule has 1 saturated heterocycles. The topological polar surface area (TPSA) is 60.8 Å².